The third kappa shape index (κ3) is 5.31. The molecule has 2 unspecified atom stereocenters. The van der Waals surface area contributed by atoms with Crippen molar-refractivity contribution in [2.45, 2.75) is 39.9 Å². The molecule has 0 spiro atoms. The molecule has 1 N–H and O–H groups in total. The molecule has 2 atom stereocenters. The van der Waals surface area contributed by atoms with Gasteiger partial charge < -0.3 is 14.9 Å². The lowest BCUT2D eigenvalue weighted by atomic mass is 10.1. The van der Waals surface area contributed by atoms with Crippen molar-refractivity contribution in [3.63, 3.8) is 0 Å². The Labute approximate surface area is 173 Å². The van der Waals surface area contributed by atoms with Crippen molar-refractivity contribution in [3.05, 3.63) is 51.7 Å². The summed E-state index contributed by atoms with van der Waals surface area (Å²) in [4.78, 5) is 4.55. The van der Waals surface area contributed by atoms with E-state index in [9.17, 15) is 4.39 Å². The molecular formula is C21H25BrFN3O2. The zero-order chi connectivity index (χ0) is 20.3. The van der Waals surface area contributed by atoms with Crippen molar-refractivity contribution in [1.29, 1.82) is 0 Å². The number of halogens is 2. The van der Waals surface area contributed by atoms with Crippen molar-refractivity contribution < 1.29 is 13.9 Å². The molecule has 0 aromatic heterocycles. The molecule has 28 heavy (non-hydrogen) atoms. The molecule has 1 aliphatic rings. The molecule has 3 rings (SSSR count). The quantitative estimate of drug-likeness (QED) is 0.498. The van der Waals surface area contributed by atoms with Gasteiger partial charge in [-0.15, -0.1) is 0 Å². The van der Waals surface area contributed by atoms with Gasteiger partial charge in [0, 0.05) is 13.1 Å². The van der Waals surface area contributed by atoms with E-state index in [1.54, 1.807) is 18.5 Å². The monoisotopic (exact) mass is 449 g/mol. The minimum absolute atomic E-state index is 0.191. The van der Waals surface area contributed by atoms with Crippen LogP contribution in [0.15, 0.2) is 39.8 Å². The number of nitrogens with zero attached hydrogens (tertiary/aromatic N) is 2. The maximum Gasteiger partial charge on any atom is 0.137 e. The number of nitrogens with one attached hydrogen (secondary N) is 1. The zero-order valence-corrected chi connectivity index (χ0v) is 18.1. The van der Waals surface area contributed by atoms with Gasteiger partial charge >= 0.3 is 0 Å². The van der Waals surface area contributed by atoms with E-state index in [1.807, 2.05) is 26.0 Å². The van der Waals surface area contributed by atoms with Crippen LogP contribution in [0.25, 0.3) is 0 Å². The van der Waals surface area contributed by atoms with Crippen LogP contribution in [0.5, 0.6) is 11.5 Å². The van der Waals surface area contributed by atoms with Crippen LogP contribution in [-0.2, 0) is 4.74 Å². The van der Waals surface area contributed by atoms with Crippen molar-refractivity contribution in [1.82, 2.24) is 10.4 Å². The van der Waals surface area contributed by atoms with Crippen LogP contribution in [-0.4, -0.2) is 36.6 Å². The highest BCUT2D eigenvalue weighted by molar-refractivity contribution is 9.10. The fraction of sp³-hybridized carbons (Fsp3) is 0.381. The maximum absolute atomic E-state index is 13.4. The van der Waals surface area contributed by atoms with Gasteiger partial charge in [-0.3, -0.25) is 0 Å². The normalized spacial score (nSPS) is 20.5. The zero-order valence-electron chi connectivity index (χ0n) is 16.5. The van der Waals surface area contributed by atoms with Gasteiger partial charge in [-0.2, -0.15) is 0 Å². The molecule has 5 nitrogen and oxygen atoms in total. The van der Waals surface area contributed by atoms with Crippen molar-refractivity contribution in [3.8, 4) is 11.5 Å². The third-order valence-electron chi connectivity index (χ3n) is 4.48. The Morgan fingerprint density at radius 2 is 1.89 bits per heavy atom. The predicted molar refractivity (Wildman–Crippen MR) is 113 cm³/mol. The molecule has 0 radical (unpaired) electrons. The highest BCUT2D eigenvalue weighted by Gasteiger charge is 2.21. The molecule has 0 amide bonds. The van der Waals surface area contributed by atoms with Gasteiger partial charge in [0.05, 0.1) is 22.4 Å². The SMILES string of the molecule is Cc1cc(Oc2ccc(F)c(Br)c2)c(C)cc1N=CNN1CC(C)OC(C)C1. The van der Waals surface area contributed by atoms with Crippen LogP contribution < -0.4 is 10.2 Å². The first-order valence-electron chi connectivity index (χ1n) is 9.25. The fourth-order valence-corrected chi connectivity index (χ4v) is 3.51. The van der Waals surface area contributed by atoms with Crippen molar-refractivity contribution in [2.24, 2.45) is 4.99 Å². The van der Waals surface area contributed by atoms with Gasteiger partial charge in [-0.1, -0.05) is 0 Å². The molecule has 2 aromatic carbocycles. The van der Waals surface area contributed by atoms with Gasteiger partial charge in [-0.25, -0.2) is 14.4 Å². The first-order valence-corrected chi connectivity index (χ1v) is 10.0. The largest absolute Gasteiger partial charge is 0.457 e. The van der Waals surface area contributed by atoms with E-state index in [0.717, 1.165) is 35.7 Å². The van der Waals surface area contributed by atoms with Crippen LogP contribution >= 0.6 is 15.9 Å². The van der Waals surface area contributed by atoms with Crippen molar-refractivity contribution >= 4 is 28.0 Å². The second-order valence-electron chi connectivity index (χ2n) is 7.13. The summed E-state index contributed by atoms with van der Waals surface area (Å²) in [5.41, 5.74) is 6.04. The molecule has 0 saturated carbocycles. The summed E-state index contributed by atoms with van der Waals surface area (Å²) in [5.74, 6) is 0.976. The molecule has 1 saturated heterocycles. The minimum Gasteiger partial charge on any atom is -0.457 e. The number of ether oxygens (including phenoxy) is 2. The number of hydrazine groups is 1. The summed E-state index contributed by atoms with van der Waals surface area (Å²) in [6.07, 6.45) is 2.09. The number of morpholine rings is 1. The molecular weight excluding hydrogens is 425 g/mol. The van der Waals surface area contributed by atoms with Gasteiger partial charge in [0.2, 0.25) is 0 Å². The third-order valence-corrected chi connectivity index (χ3v) is 5.08. The lowest BCUT2D eigenvalue weighted by Crippen LogP contribution is -2.51. The fourth-order valence-electron chi connectivity index (χ4n) is 3.15. The number of hydrogen-bond donors (Lipinski definition) is 1. The number of aliphatic imine (C=N–C) groups is 1. The van der Waals surface area contributed by atoms with E-state index in [0.29, 0.717) is 10.2 Å². The van der Waals surface area contributed by atoms with E-state index in [4.69, 9.17) is 9.47 Å². The molecule has 2 aromatic rings. The minimum atomic E-state index is -0.318. The lowest BCUT2D eigenvalue weighted by Gasteiger charge is -2.34. The first kappa shape index (κ1) is 20.8. The summed E-state index contributed by atoms with van der Waals surface area (Å²) in [6.45, 7) is 9.70. The smallest absolute Gasteiger partial charge is 0.137 e. The van der Waals surface area contributed by atoms with Crippen molar-refractivity contribution in [2.75, 3.05) is 13.1 Å². The highest BCUT2D eigenvalue weighted by Crippen LogP contribution is 2.32. The Morgan fingerprint density at radius 3 is 2.57 bits per heavy atom. The number of hydrogen-bond acceptors (Lipinski definition) is 4. The molecule has 1 heterocycles. The van der Waals surface area contributed by atoms with Crippen LogP contribution in [0.1, 0.15) is 25.0 Å². The van der Waals surface area contributed by atoms with Crippen LogP contribution in [0.4, 0.5) is 10.1 Å². The Balaban J connectivity index is 1.68. The van der Waals surface area contributed by atoms with Gasteiger partial charge in [0.25, 0.3) is 0 Å². The average Bonchev–Trinajstić information content (AvgIpc) is 2.61. The van der Waals surface area contributed by atoms with Crippen LogP contribution in [0.3, 0.4) is 0 Å². The van der Waals surface area contributed by atoms with E-state index in [-0.39, 0.29) is 18.0 Å². The highest BCUT2D eigenvalue weighted by atomic mass is 79.9. The van der Waals surface area contributed by atoms with E-state index < -0.39 is 0 Å². The second kappa shape index (κ2) is 9.03. The van der Waals surface area contributed by atoms with E-state index in [2.05, 4.69) is 45.2 Å². The molecule has 1 fully saturated rings. The molecule has 150 valence electrons. The van der Waals surface area contributed by atoms with E-state index >= 15 is 0 Å². The molecule has 0 aliphatic carbocycles. The summed E-state index contributed by atoms with van der Waals surface area (Å²) in [7, 11) is 0. The Morgan fingerprint density at radius 1 is 1.18 bits per heavy atom. The number of aryl methyl sites for hydroxylation is 2. The Bertz CT molecular complexity index is 865. The topological polar surface area (TPSA) is 46.1 Å². The Hall–Kier alpha value is -1.96. The lowest BCUT2D eigenvalue weighted by molar-refractivity contribution is -0.0760. The predicted octanol–water partition coefficient (Wildman–Crippen LogP) is 5.27. The summed E-state index contributed by atoms with van der Waals surface area (Å²) in [5, 5.41) is 2.11. The average molecular weight is 450 g/mol. The van der Waals surface area contributed by atoms with Crippen LogP contribution in [0, 0.1) is 19.7 Å². The summed E-state index contributed by atoms with van der Waals surface area (Å²) >= 11 is 3.18. The van der Waals surface area contributed by atoms with E-state index in [1.165, 1.54) is 6.07 Å². The standard InChI is InChI=1S/C21H25BrFN3O2/c1-13-8-21(28-17-5-6-19(23)18(22)9-17)14(2)7-20(13)24-12-25-26-10-15(3)27-16(4)11-26/h5-9,12,15-16H,10-11H2,1-4H3,(H,24,25). The Kier molecular flexibility index (Phi) is 6.69. The van der Waals surface area contributed by atoms with Gasteiger partial charge in [-0.05, 0) is 85.1 Å². The molecule has 0 bridgehead atoms. The van der Waals surface area contributed by atoms with Gasteiger partial charge in [0.15, 0.2) is 0 Å². The maximum atomic E-state index is 13.4. The molecule has 1 aliphatic heterocycles. The molecule has 7 heteroatoms. The first-order chi connectivity index (χ1) is 13.3. The van der Waals surface area contributed by atoms with Crippen LogP contribution in [0.2, 0.25) is 0 Å². The summed E-state index contributed by atoms with van der Waals surface area (Å²) < 4.78 is 25.4. The van der Waals surface area contributed by atoms with Gasteiger partial charge in [0.1, 0.15) is 23.7 Å². The number of benzene rings is 2. The second-order valence-corrected chi connectivity index (χ2v) is 7.99. The summed E-state index contributed by atoms with van der Waals surface area (Å²) in [6, 6.07) is 8.52. The number of rotatable bonds is 5.